The molecule has 0 spiro atoms. The molecule has 0 amide bonds. The number of ketones is 1. The molecule has 1 rings (SSSR count). The second-order valence-electron chi connectivity index (χ2n) is 5.06. The molecule has 0 radical (unpaired) electrons. The van der Waals surface area contributed by atoms with Crippen molar-refractivity contribution in [1.29, 1.82) is 0 Å². The molecule has 16 heavy (non-hydrogen) atoms. The molecular formula is C14H19ClO. The summed E-state index contributed by atoms with van der Waals surface area (Å²) in [7, 11) is 0. The third-order valence-corrected chi connectivity index (χ3v) is 2.30. The zero-order chi connectivity index (χ0) is 15.8. The first kappa shape index (κ1) is 8.30. The molecule has 0 aliphatic rings. The SMILES string of the molecule is [2H]C([2H])([2H])[C@@]([2H])(CC(C)(C)C)C(=O)c1cccc(Cl)c1. The van der Waals surface area contributed by atoms with Gasteiger partial charge in [0.25, 0.3) is 0 Å². The highest BCUT2D eigenvalue weighted by Crippen LogP contribution is 2.26. The lowest BCUT2D eigenvalue weighted by molar-refractivity contribution is 0.0897. The Morgan fingerprint density at radius 3 is 2.75 bits per heavy atom. The highest BCUT2D eigenvalue weighted by molar-refractivity contribution is 6.31. The quantitative estimate of drug-likeness (QED) is 0.709. The van der Waals surface area contributed by atoms with Gasteiger partial charge in [-0.2, -0.15) is 0 Å². The maximum atomic E-state index is 12.5. The molecule has 88 valence electrons. The smallest absolute Gasteiger partial charge is 0.165 e. The Balaban J connectivity index is 3.28. The van der Waals surface area contributed by atoms with Crippen LogP contribution in [0, 0.1) is 11.3 Å². The first-order valence-corrected chi connectivity index (χ1v) is 5.55. The average Bonchev–Trinajstić information content (AvgIpc) is 2.24. The van der Waals surface area contributed by atoms with Crippen LogP contribution in [0.5, 0.6) is 0 Å². The van der Waals surface area contributed by atoms with E-state index in [4.69, 9.17) is 17.1 Å². The van der Waals surface area contributed by atoms with Crippen LogP contribution in [0.25, 0.3) is 0 Å². The molecule has 2 heteroatoms. The monoisotopic (exact) mass is 242 g/mol. The summed E-state index contributed by atoms with van der Waals surface area (Å²) in [5.74, 6) is -2.88. The van der Waals surface area contributed by atoms with Gasteiger partial charge in [0.2, 0.25) is 0 Å². The van der Waals surface area contributed by atoms with Crippen LogP contribution in [-0.4, -0.2) is 5.78 Å². The minimum absolute atomic E-state index is 0.0537. The predicted octanol–water partition coefficient (Wildman–Crippen LogP) is 4.60. The molecule has 0 aromatic heterocycles. The minimum Gasteiger partial charge on any atom is -0.294 e. The van der Waals surface area contributed by atoms with E-state index in [0.717, 1.165) is 0 Å². The van der Waals surface area contributed by atoms with Gasteiger partial charge in [-0.05, 0) is 24.0 Å². The second-order valence-corrected chi connectivity index (χ2v) is 5.49. The van der Waals surface area contributed by atoms with E-state index in [9.17, 15) is 4.79 Å². The molecule has 0 saturated carbocycles. The van der Waals surface area contributed by atoms with Gasteiger partial charge in [0.05, 0.1) is 0 Å². The molecule has 0 aliphatic carbocycles. The van der Waals surface area contributed by atoms with E-state index in [2.05, 4.69) is 0 Å². The summed E-state index contributed by atoms with van der Waals surface area (Å²) in [6.45, 7) is 2.74. The number of carbonyl (C=O) groups excluding carboxylic acids is 1. The summed E-state index contributed by atoms with van der Waals surface area (Å²) in [4.78, 5) is 12.5. The van der Waals surface area contributed by atoms with Gasteiger partial charge in [0.1, 0.15) is 0 Å². The third kappa shape index (κ3) is 3.97. The third-order valence-electron chi connectivity index (χ3n) is 2.07. The molecule has 0 bridgehead atoms. The van der Waals surface area contributed by atoms with E-state index >= 15 is 0 Å². The maximum absolute atomic E-state index is 12.5. The van der Waals surface area contributed by atoms with Gasteiger partial charge in [-0.3, -0.25) is 4.79 Å². The fraction of sp³-hybridized carbons (Fsp3) is 0.500. The van der Waals surface area contributed by atoms with E-state index < -0.39 is 23.9 Å². The standard InChI is InChI=1S/C14H19ClO/c1-10(9-14(2,3)4)13(16)11-6-5-7-12(15)8-11/h5-8,10H,9H2,1-4H3/t10-/m0/s1/i1D3,10D. The Bertz CT molecular complexity index is 505. The van der Waals surface area contributed by atoms with E-state index in [1.807, 2.05) is 20.8 Å². The number of halogens is 1. The lowest BCUT2D eigenvalue weighted by Gasteiger charge is -2.22. The normalized spacial score (nSPS) is 20.0. The van der Waals surface area contributed by atoms with Gasteiger partial charge < -0.3 is 0 Å². The summed E-state index contributed by atoms with van der Waals surface area (Å²) in [6.07, 6.45) is -0.0537. The van der Waals surface area contributed by atoms with Crippen LogP contribution < -0.4 is 0 Å². The summed E-state index contributed by atoms with van der Waals surface area (Å²) in [6, 6.07) is 6.07. The fourth-order valence-corrected chi connectivity index (χ4v) is 1.60. The molecular weight excluding hydrogens is 220 g/mol. The van der Waals surface area contributed by atoms with Gasteiger partial charge in [-0.15, -0.1) is 0 Å². The van der Waals surface area contributed by atoms with Crippen LogP contribution in [0.2, 0.25) is 5.02 Å². The summed E-state index contributed by atoms with van der Waals surface area (Å²) in [5, 5.41) is 0.347. The largest absolute Gasteiger partial charge is 0.294 e. The lowest BCUT2D eigenvalue weighted by atomic mass is 9.82. The van der Waals surface area contributed by atoms with Crippen LogP contribution in [0.3, 0.4) is 0 Å². The second kappa shape index (κ2) is 5.01. The van der Waals surface area contributed by atoms with Crippen LogP contribution >= 0.6 is 11.6 Å². The molecule has 1 aromatic carbocycles. The Morgan fingerprint density at radius 2 is 2.25 bits per heavy atom. The Labute approximate surface area is 108 Å². The maximum Gasteiger partial charge on any atom is 0.165 e. The molecule has 0 heterocycles. The number of benzene rings is 1. The highest BCUT2D eigenvalue weighted by atomic mass is 35.5. The van der Waals surface area contributed by atoms with Crippen LogP contribution in [-0.2, 0) is 0 Å². The van der Waals surface area contributed by atoms with E-state index in [0.29, 0.717) is 5.02 Å². The van der Waals surface area contributed by atoms with Crippen molar-refractivity contribution < 1.29 is 10.3 Å². The zero-order valence-electron chi connectivity index (χ0n) is 13.8. The van der Waals surface area contributed by atoms with E-state index in [-0.39, 0.29) is 12.0 Å². The van der Waals surface area contributed by atoms with Crippen LogP contribution in [0.1, 0.15) is 49.9 Å². The lowest BCUT2D eigenvalue weighted by Crippen LogP contribution is -2.18. The highest BCUT2D eigenvalue weighted by Gasteiger charge is 2.21. The predicted molar refractivity (Wildman–Crippen MR) is 69.0 cm³/mol. The fourth-order valence-electron chi connectivity index (χ4n) is 1.41. The minimum atomic E-state index is -2.69. The van der Waals surface area contributed by atoms with Crippen LogP contribution in [0.4, 0.5) is 0 Å². The summed E-state index contributed by atoms with van der Waals surface area (Å²) in [5.41, 5.74) is -0.294. The van der Waals surface area contributed by atoms with Gasteiger partial charge in [-0.25, -0.2) is 0 Å². The molecule has 0 aliphatic heterocycles. The molecule has 1 nitrogen and oxygen atoms in total. The zero-order valence-corrected chi connectivity index (χ0v) is 10.6. The van der Waals surface area contributed by atoms with Gasteiger partial charge in [0.15, 0.2) is 5.78 Å². The Hall–Kier alpha value is -0.820. The average molecular weight is 243 g/mol. The topological polar surface area (TPSA) is 17.1 Å². The van der Waals surface area contributed by atoms with Crippen molar-refractivity contribution >= 4 is 17.4 Å². The van der Waals surface area contributed by atoms with Crippen molar-refractivity contribution in [3.63, 3.8) is 0 Å². The summed E-state index contributed by atoms with van der Waals surface area (Å²) < 4.78 is 31.1. The van der Waals surface area contributed by atoms with Gasteiger partial charge in [-0.1, -0.05) is 51.4 Å². The number of Topliss-reactive ketones (excluding diaryl/α,β-unsaturated/α-hetero) is 1. The van der Waals surface area contributed by atoms with Crippen molar-refractivity contribution in [1.82, 2.24) is 0 Å². The molecule has 0 fully saturated rings. The molecule has 0 N–H and O–H groups in total. The number of carbonyl (C=O) groups is 1. The summed E-state index contributed by atoms with van der Waals surface area (Å²) >= 11 is 5.83. The number of hydrogen-bond donors (Lipinski definition) is 0. The molecule has 1 aromatic rings. The first-order valence-electron chi connectivity index (χ1n) is 7.17. The van der Waals surface area contributed by atoms with Crippen molar-refractivity contribution in [2.45, 2.75) is 34.0 Å². The Morgan fingerprint density at radius 1 is 1.56 bits per heavy atom. The van der Waals surface area contributed by atoms with Crippen LogP contribution in [0.15, 0.2) is 24.3 Å². The van der Waals surface area contributed by atoms with Crippen molar-refractivity contribution in [3.05, 3.63) is 34.9 Å². The molecule has 1 atom stereocenters. The first-order chi connectivity index (χ1) is 8.87. The van der Waals surface area contributed by atoms with E-state index in [1.165, 1.54) is 12.1 Å². The van der Waals surface area contributed by atoms with E-state index in [1.54, 1.807) is 12.1 Å². The number of hydrogen-bond acceptors (Lipinski definition) is 1. The molecule has 0 saturated heterocycles. The van der Waals surface area contributed by atoms with Crippen molar-refractivity contribution in [3.8, 4) is 0 Å². The Kier molecular flexibility index (Phi) is 2.60. The number of rotatable bonds is 3. The van der Waals surface area contributed by atoms with Crippen molar-refractivity contribution in [2.75, 3.05) is 0 Å². The molecule has 0 unspecified atom stereocenters. The van der Waals surface area contributed by atoms with Gasteiger partial charge >= 0.3 is 0 Å². The van der Waals surface area contributed by atoms with Crippen molar-refractivity contribution in [2.24, 2.45) is 11.3 Å². The van der Waals surface area contributed by atoms with Gasteiger partial charge in [0, 0.05) is 22.0 Å².